The summed E-state index contributed by atoms with van der Waals surface area (Å²) in [6.07, 6.45) is 1.45. The van der Waals surface area contributed by atoms with Crippen molar-refractivity contribution in [2.24, 2.45) is 0 Å². The number of amides is 1. The Balaban J connectivity index is 2.03. The smallest absolute Gasteiger partial charge is 0.270 e. The highest BCUT2D eigenvalue weighted by atomic mass is 35.5. The second kappa shape index (κ2) is 5.64. The Morgan fingerprint density at radius 2 is 2.25 bits per heavy atom. The molecule has 0 aliphatic rings. The van der Waals surface area contributed by atoms with Gasteiger partial charge in [0.2, 0.25) is 0 Å². The van der Waals surface area contributed by atoms with Crippen molar-refractivity contribution in [3.63, 3.8) is 0 Å². The molecular weight excluding hydrogens is 280 g/mol. The van der Waals surface area contributed by atoms with Gasteiger partial charge in [-0.05, 0) is 38.1 Å². The molecule has 2 rings (SSSR count). The SMILES string of the molecule is Cc1ccc(C(C)(O)CNC(=O)c2cc(Cl)ccn2)o1. The minimum absolute atomic E-state index is 0.00692. The van der Waals surface area contributed by atoms with Crippen molar-refractivity contribution in [2.45, 2.75) is 19.4 Å². The third kappa shape index (κ3) is 3.37. The van der Waals surface area contributed by atoms with Crippen molar-refractivity contribution in [1.29, 1.82) is 0 Å². The lowest BCUT2D eigenvalue weighted by molar-refractivity contribution is 0.0322. The van der Waals surface area contributed by atoms with Crippen LogP contribution in [-0.2, 0) is 5.60 Å². The number of rotatable bonds is 4. The summed E-state index contributed by atoms with van der Waals surface area (Å²) in [7, 11) is 0. The van der Waals surface area contributed by atoms with E-state index in [0.717, 1.165) is 0 Å². The first-order valence-corrected chi connectivity index (χ1v) is 6.45. The summed E-state index contributed by atoms with van der Waals surface area (Å²) in [5, 5.41) is 13.3. The average Bonchev–Trinajstić information content (AvgIpc) is 2.83. The van der Waals surface area contributed by atoms with Crippen molar-refractivity contribution in [3.05, 3.63) is 52.7 Å². The van der Waals surface area contributed by atoms with Crippen molar-refractivity contribution in [2.75, 3.05) is 6.54 Å². The summed E-state index contributed by atoms with van der Waals surface area (Å²) >= 11 is 5.79. The topological polar surface area (TPSA) is 75.4 Å². The van der Waals surface area contributed by atoms with E-state index in [9.17, 15) is 9.90 Å². The fraction of sp³-hybridized carbons (Fsp3) is 0.286. The zero-order valence-electron chi connectivity index (χ0n) is 11.2. The molecule has 0 spiro atoms. The van der Waals surface area contributed by atoms with E-state index in [2.05, 4.69) is 10.3 Å². The van der Waals surface area contributed by atoms with Gasteiger partial charge < -0.3 is 14.8 Å². The van der Waals surface area contributed by atoms with Crippen molar-refractivity contribution < 1.29 is 14.3 Å². The first kappa shape index (κ1) is 14.6. The Morgan fingerprint density at radius 1 is 1.50 bits per heavy atom. The number of carbonyl (C=O) groups is 1. The third-order valence-electron chi connectivity index (χ3n) is 2.82. The highest BCUT2D eigenvalue weighted by molar-refractivity contribution is 6.30. The molecule has 0 radical (unpaired) electrons. The van der Waals surface area contributed by atoms with Gasteiger partial charge >= 0.3 is 0 Å². The molecule has 2 aromatic rings. The number of aliphatic hydroxyl groups is 1. The molecule has 0 bridgehead atoms. The van der Waals surface area contributed by atoms with Crippen molar-refractivity contribution in [3.8, 4) is 0 Å². The van der Waals surface area contributed by atoms with E-state index in [1.54, 1.807) is 32.0 Å². The molecule has 2 aromatic heterocycles. The van der Waals surface area contributed by atoms with Crippen LogP contribution in [-0.4, -0.2) is 22.5 Å². The van der Waals surface area contributed by atoms with E-state index >= 15 is 0 Å². The molecular formula is C14H15ClN2O3. The fourth-order valence-electron chi connectivity index (χ4n) is 1.68. The van der Waals surface area contributed by atoms with Crippen LogP contribution in [0.1, 0.15) is 28.9 Å². The number of hydrogen-bond acceptors (Lipinski definition) is 4. The molecule has 0 aliphatic carbocycles. The number of nitrogens with one attached hydrogen (secondary N) is 1. The van der Waals surface area contributed by atoms with E-state index in [4.69, 9.17) is 16.0 Å². The van der Waals surface area contributed by atoms with E-state index in [-0.39, 0.29) is 12.2 Å². The molecule has 0 fully saturated rings. The van der Waals surface area contributed by atoms with E-state index in [0.29, 0.717) is 16.5 Å². The number of halogens is 1. The number of furan rings is 1. The zero-order chi connectivity index (χ0) is 14.8. The van der Waals surface area contributed by atoms with Crippen LogP contribution >= 0.6 is 11.6 Å². The maximum Gasteiger partial charge on any atom is 0.270 e. The highest BCUT2D eigenvalue weighted by Gasteiger charge is 2.27. The van der Waals surface area contributed by atoms with Gasteiger partial charge in [-0.15, -0.1) is 0 Å². The monoisotopic (exact) mass is 294 g/mol. The van der Waals surface area contributed by atoms with Gasteiger partial charge in [0, 0.05) is 11.2 Å². The number of nitrogens with zero attached hydrogens (tertiary/aromatic N) is 1. The summed E-state index contributed by atoms with van der Waals surface area (Å²) in [6.45, 7) is 3.36. The lowest BCUT2D eigenvalue weighted by Gasteiger charge is -2.21. The lowest BCUT2D eigenvalue weighted by atomic mass is 10.0. The maximum absolute atomic E-state index is 11.9. The molecule has 2 heterocycles. The Hall–Kier alpha value is -1.85. The maximum atomic E-state index is 11.9. The van der Waals surface area contributed by atoms with Gasteiger partial charge in [-0.3, -0.25) is 9.78 Å². The summed E-state index contributed by atoms with van der Waals surface area (Å²) in [5.41, 5.74) is -1.09. The minimum atomic E-state index is -1.29. The van der Waals surface area contributed by atoms with Crippen LogP contribution in [0, 0.1) is 6.92 Å². The van der Waals surface area contributed by atoms with Crippen LogP contribution in [0.5, 0.6) is 0 Å². The normalized spacial score (nSPS) is 13.8. The van der Waals surface area contributed by atoms with Gasteiger partial charge in [-0.1, -0.05) is 11.6 Å². The highest BCUT2D eigenvalue weighted by Crippen LogP contribution is 2.22. The number of aryl methyl sites for hydroxylation is 1. The van der Waals surface area contributed by atoms with Crippen LogP contribution in [0.2, 0.25) is 5.02 Å². The molecule has 0 saturated carbocycles. The van der Waals surface area contributed by atoms with Gasteiger partial charge in [0.15, 0.2) is 0 Å². The molecule has 1 unspecified atom stereocenters. The number of carbonyl (C=O) groups excluding carboxylic acids is 1. The molecule has 0 aromatic carbocycles. The number of pyridine rings is 1. The molecule has 5 nitrogen and oxygen atoms in total. The average molecular weight is 295 g/mol. The second-order valence-electron chi connectivity index (χ2n) is 4.73. The molecule has 1 atom stereocenters. The molecule has 1 amide bonds. The van der Waals surface area contributed by atoms with Crippen LogP contribution < -0.4 is 5.32 Å². The standard InChI is InChI=1S/C14H15ClN2O3/c1-9-3-4-12(20-9)14(2,19)8-17-13(18)11-7-10(15)5-6-16-11/h3-7,19H,8H2,1-2H3,(H,17,18). The number of aromatic nitrogens is 1. The van der Waals surface area contributed by atoms with Crippen molar-refractivity contribution >= 4 is 17.5 Å². The Kier molecular flexibility index (Phi) is 4.11. The molecule has 2 N–H and O–H groups in total. The van der Waals surface area contributed by atoms with Crippen LogP contribution in [0.25, 0.3) is 0 Å². The fourth-order valence-corrected chi connectivity index (χ4v) is 1.84. The van der Waals surface area contributed by atoms with Gasteiger partial charge in [0.05, 0.1) is 6.54 Å². The molecule has 106 valence electrons. The quantitative estimate of drug-likeness (QED) is 0.907. The zero-order valence-corrected chi connectivity index (χ0v) is 11.9. The van der Waals surface area contributed by atoms with E-state index in [1.807, 2.05) is 0 Å². The third-order valence-corrected chi connectivity index (χ3v) is 3.05. The Morgan fingerprint density at radius 3 is 2.85 bits per heavy atom. The minimum Gasteiger partial charge on any atom is -0.463 e. The summed E-state index contributed by atoms with van der Waals surface area (Å²) in [6, 6.07) is 6.48. The van der Waals surface area contributed by atoms with E-state index in [1.165, 1.54) is 12.3 Å². The summed E-state index contributed by atoms with van der Waals surface area (Å²) in [4.78, 5) is 15.8. The van der Waals surface area contributed by atoms with Gasteiger partial charge in [-0.25, -0.2) is 0 Å². The molecule has 0 saturated heterocycles. The first-order chi connectivity index (χ1) is 9.38. The Labute approximate surface area is 121 Å². The second-order valence-corrected chi connectivity index (χ2v) is 5.16. The van der Waals surface area contributed by atoms with E-state index < -0.39 is 11.5 Å². The largest absolute Gasteiger partial charge is 0.463 e. The van der Waals surface area contributed by atoms with Crippen LogP contribution in [0.15, 0.2) is 34.9 Å². The molecule has 20 heavy (non-hydrogen) atoms. The molecule has 0 aliphatic heterocycles. The summed E-state index contributed by atoms with van der Waals surface area (Å²) < 4.78 is 5.37. The van der Waals surface area contributed by atoms with Gasteiger partial charge in [0.1, 0.15) is 22.8 Å². The predicted octanol–water partition coefficient (Wildman–Crippen LogP) is 2.27. The predicted molar refractivity (Wildman–Crippen MR) is 74.6 cm³/mol. The van der Waals surface area contributed by atoms with Gasteiger partial charge in [-0.2, -0.15) is 0 Å². The lowest BCUT2D eigenvalue weighted by Crippen LogP contribution is -2.38. The number of hydrogen-bond donors (Lipinski definition) is 2. The first-order valence-electron chi connectivity index (χ1n) is 6.07. The summed E-state index contributed by atoms with van der Waals surface area (Å²) in [5.74, 6) is 0.688. The van der Waals surface area contributed by atoms with Gasteiger partial charge in [0.25, 0.3) is 5.91 Å². The Bertz CT molecular complexity index is 622. The molecule has 6 heteroatoms. The van der Waals surface area contributed by atoms with Crippen molar-refractivity contribution in [1.82, 2.24) is 10.3 Å². The van der Waals surface area contributed by atoms with Crippen LogP contribution in [0.4, 0.5) is 0 Å². The van der Waals surface area contributed by atoms with Crippen LogP contribution in [0.3, 0.4) is 0 Å².